The number of nitrogens with one attached hydrogen (secondary N) is 1. The van der Waals surface area contributed by atoms with Gasteiger partial charge in [-0.15, -0.1) is 0 Å². The number of carbonyl (C=O) groups is 1. The Morgan fingerprint density at radius 3 is 2.19 bits per heavy atom. The molecule has 0 aliphatic rings. The smallest absolute Gasteiger partial charge is 0.251 e. The number of benzene rings is 2. The molecule has 0 saturated carbocycles. The van der Waals surface area contributed by atoms with Crippen molar-refractivity contribution in [2.24, 2.45) is 0 Å². The van der Waals surface area contributed by atoms with E-state index in [0.717, 1.165) is 11.3 Å². The largest absolute Gasteiger partial charge is 0.497 e. The summed E-state index contributed by atoms with van der Waals surface area (Å²) in [7, 11) is 1.62. The summed E-state index contributed by atoms with van der Waals surface area (Å²) in [5, 5.41) is 2.91. The van der Waals surface area contributed by atoms with E-state index in [1.165, 1.54) is 0 Å². The van der Waals surface area contributed by atoms with Crippen LogP contribution in [0.3, 0.4) is 0 Å². The number of hydrogen-bond acceptors (Lipinski definition) is 4. The summed E-state index contributed by atoms with van der Waals surface area (Å²) in [6, 6.07) is 12.2. The van der Waals surface area contributed by atoms with Gasteiger partial charge in [0, 0.05) is 16.9 Å². The number of amides is 1. The highest BCUT2D eigenvalue weighted by Gasteiger charge is 2.12. The number of hydrogen-bond donors (Lipinski definition) is 3. The van der Waals surface area contributed by atoms with E-state index >= 15 is 0 Å². The first-order valence-electron chi connectivity index (χ1n) is 6.60. The molecule has 0 fully saturated rings. The summed E-state index contributed by atoms with van der Waals surface area (Å²) in [4.78, 5) is 12.2. The Morgan fingerprint density at radius 1 is 1.10 bits per heavy atom. The summed E-state index contributed by atoms with van der Waals surface area (Å²) in [5.74, 6) is 0.568. The van der Waals surface area contributed by atoms with E-state index in [1.54, 1.807) is 25.3 Å². The van der Waals surface area contributed by atoms with Crippen LogP contribution in [0.2, 0.25) is 0 Å². The summed E-state index contributed by atoms with van der Waals surface area (Å²) in [5.41, 5.74) is 13.8. The third-order valence-corrected chi connectivity index (χ3v) is 3.20. The van der Waals surface area contributed by atoms with Crippen LogP contribution in [0.5, 0.6) is 5.75 Å². The maximum absolute atomic E-state index is 12.2. The first-order valence-corrected chi connectivity index (χ1v) is 6.60. The van der Waals surface area contributed by atoms with Crippen LogP contribution < -0.4 is 21.5 Å². The molecule has 21 heavy (non-hydrogen) atoms. The van der Waals surface area contributed by atoms with E-state index in [4.69, 9.17) is 16.2 Å². The van der Waals surface area contributed by atoms with Gasteiger partial charge in [-0.05, 0) is 42.8 Å². The van der Waals surface area contributed by atoms with Gasteiger partial charge in [-0.1, -0.05) is 12.1 Å². The topological polar surface area (TPSA) is 90.4 Å². The minimum absolute atomic E-state index is 0.133. The van der Waals surface area contributed by atoms with Crippen molar-refractivity contribution < 1.29 is 9.53 Å². The Bertz CT molecular complexity index is 618. The fourth-order valence-electron chi connectivity index (χ4n) is 2.06. The zero-order valence-corrected chi connectivity index (χ0v) is 12.1. The molecule has 0 saturated heterocycles. The second-order valence-electron chi connectivity index (χ2n) is 4.86. The summed E-state index contributed by atoms with van der Waals surface area (Å²) in [6.45, 7) is 1.91. The van der Waals surface area contributed by atoms with Crippen LogP contribution in [0.1, 0.15) is 28.9 Å². The molecule has 5 nitrogen and oxygen atoms in total. The molecule has 2 rings (SSSR count). The lowest BCUT2D eigenvalue weighted by Gasteiger charge is -2.15. The van der Waals surface area contributed by atoms with Crippen LogP contribution in [-0.2, 0) is 0 Å². The van der Waals surface area contributed by atoms with Gasteiger partial charge in [0.1, 0.15) is 5.75 Å². The fourth-order valence-corrected chi connectivity index (χ4v) is 2.06. The van der Waals surface area contributed by atoms with Crippen molar-refractivity contribution in [2.45, 2.75) is 13.0 Å². The maximum Gasteiger partial charge on any atom is 0.251 e. The van der Waals surface area contributed by atoms with Crippen LogP contribution in [0.4, 0.5) is 11.4 Å². The van der Waals surface area contributed by atoms with Crippen LogP contribution in [0.25, 0.3) is 0 Å². The Balaban J connectivity index is 2.10. The molecule has 110 valence electrons. The summed E-state index contributed by atoms with van der Waals surface area (Å²) >= 11 is 0. The lowest BCUT2D eigenvalue weighted by Crippen LogP contribution is -2.26. The number of anilines is 2. The van der Waals surface area contributed by atoms with Crippen LogP contribution in [0, 0.1) is 0 Å². The molecule has 0 aromatic heterocycles. The zero-order chi connectivity index (χ0) is 15.4. The van der Waals surface area contributed by atoms with Crippen molar-refractivity contribution in [3.63, 3.8) is 0 Å². The minimum Gasteiger partial charge on any atom is -0.497 e. The molecule has 0 bridgehead atoms. The molecule has 0 spiro atoms. The molecule has 2 aromatic rings. The SMILES string of the molecule is COc1ccc(C(C)NC(=O)c2cc(N)cc(N)c2)cc1. The molecular formula is C16H19N3O2. The van der Waals surface area contributed by atoms with Gasteiger partial charge in [-0.2, -0.15) is 0 Å². The van der Waals surface area contributed by atoms with Gasteiger partial charge in [0.15, 0.2) is 0 Å². The fraction of sp³-hybridized carbons (Fsp3) is 0.188. The van der Waals surface area contributed by atoms with Gasteiger partial charge in [0.05, 0.1) is 13.2 Å². The van der Waals surface area contributed by atoms with Gasteiger partial charge < -0.3 is 21.5 Å². The van der Waals surface area contributed by atoms with Gasteiger partial charge >= 0.3 is 0 Å². The molecule has 0 aliphatic heterocycles. The standard InChI is InChI=1S/C16H19N3O2/c1-10(11-3-5-15(21-2)6-4-11)19-16(20)12-7-13(17)9-14(18)8-12/h3-10H,17-18H2,1-2H3,(H,19,20). The van der Waals surface area contributed by atoms with Gasteiger partial charge in [-0.3, -0.25) is 4.79 Å². The van der Waals surface area contributed by atoms with Crippen molar-refractivity contribution in [3.05, 3.63) is 53.6 Å². The molecule has 0 aliphatic carbocycles. The molecular weight excluding hydrogens is 266 g/mol. The molecule has 0 heterocycles. The van der Waals surface area contributed by atoms with E-state index in [-0.39, 0.29) is 11.9 Å². The number of ether oxygens (including phenoxy) is 1. The van der Waals surface area contributed by atoms with Crippen LogP contribution in [-0.4, -0.2) is 13.0 Å². The van der Waals surface area contributed by atoms with Crippen molar-refractivity contribution in [1.29, 1.82) is 0 Å². The average molecular weight is 285 g/mol. The molecule has 5 heteroatoms. The third-order valence-electron chi connectivity index (χ3n) is 3.20. The number of methoxy groups -OCH3 is 1. The van der Waals surface area contributed by atoms with Crippen molar-refractivity contribution in [1.82, 2.24) is 5.32 Å². The normalized spacial score (nSPS) is 11.7. The van der Waals surface area contributed by atoms with E-state index < -0.39 is 0 Å². The Kier molecular flexibility index (Phi) is 4.33. The van der Waals surface area contributed by atoms with Gasteiger partial charge in [0.25, 0.3) is 5.91 Å². The van der Waals surface area contributed by atoms with Gasteiger partial charge in [0.2, 0.25) is 0 Å². The van der Waals surface area contributed by atoms with Crippen molar-refractivity contribution in [2.75, 3.05) is 18.6 Å². The van der Waals surface area contributed by atoms with E-state index in [2.05, 4.69) is 5.32 Å². The zero-order valence-electron chi connectivity index (χ0n) is 12.1. The highest BCUT2D eigenvalue weighted by Crippen LogP contribution is 2.19. The number of nitrogens with two attached hydrogens (primary N) is 2. The maximum atomic E-state index is 12.2. The minimum atomic E-state index is -0.211. The molecule has 5 N–H and O–H groups in total. The van der Waals surface area contributed by atoms with E-state index in [9.17, 15) is 4.79 Å². The van der Waals surface area contributed by atoms with Gasteiger partial charge in [-0.25, -0.2) is 0 Å². The predicted molar refractivity (Wildman–Crippen MR) is 84.1 cm³/mol. The van der Waals surface area contributed by atoms with Crippen LogP contribution >= 0.6 is 0 Å². The average Bonchev–Trinajstić information content (AvgIpc) is 2.46. The first kappa shape index (κ1) is 14.7. The molecule has 1 atom stereocenters. The number of carbonyl (C=O) groups excluding carboxylic acids is 1. The van der Waals surface area contributed by atoms with Crippen molar-refractivity contribution >= 4 is 17.3 Å². The van der Waals surface area contributed by atoms with Crippen molar-refractivity contribution in [3.8, 4) is 5.75 Å². The molecule has 1 unspecified atom stereocenters. The Labute approximate surface area is 123 Å². The Morgan fingerprint density at radius 2 is 1.67 bits per heavy atom. The van der Waals surface area contributed by atoms with Crippen LogP contribution in [0.15, 0.2) is 42.5 Å². The second-order valence-corrected chi connectivity index (χ2v) is 4.86. The number of rotatable bonds is 4. The highest BCUT2D eigenvalue weighted by molar-refractivity contribution is 5.96. The summed E-state index contributed by atoms with van der Waals surface area (Å²) < 4.78 is 5.11. The lowest BCUT2D eigenvalue weighted by atomic mass is 10.1. The van der Waals surface area contributed by atoms with E-state index in [1.807, 2.05) is 31.2 Å². The quantitative estimate of drug-likeness (QED) is 0.752. The number of nitrogen functional groups attached to an aromatic ring is 2. The third kappa shape index (κ3) is 3.66. The molecule has 1 amide bonds. The Hall–Kier alpha value is -2.69. The second kappa shape index (κ2) is 6.17. The lowest BCUT2D eigenvalue weighted by molar-refractivity contribution is 0.0940. The molecule has 2 aromatic carbocycles. The predicted octanol–water partition coefficient (Wildman–Crippen LogP) is 2.35. The summed E-state index contributed by atoms with van der Waals surface area (Å²) in [6.07, 6.45) is 0. The first-order chi connectivity index (χ1) is 9.99. The van der Waals surface area contributed by atoms with E-state index in [0.29, 0.717) is 16.9 Å². The highest BCUT2D eigenvalue weighted by atomic mass is 16.5. The monoisotopic (exact) mass is 285 g/mol. The molecule has 0 radical (unpaired) electrons.